The van der Waals surface area contributed by atoms with E-state index >= 15 is 0 Å². The number of aromatic nitrogens is 2. The zero-order valence-corrected chi connectivity index (χ0v) is 22.9. The fraction of sp³-hybridized carbons (Fsp3) is 0.273. The molecule has 206 valence electrons. The Morgan fingerprint density at radius 1 is 1.15 bits per heavy atom. The SMILES string of the molecule is CCOC(=O)Nc1ccc(-c2cnc([C@H](Cc3ccccc3)N3CCc4c(ccc(C#N)c4C4CC4)C3=O)[nH]2)cc1. The van der Waals surface area contributed by atoms with Crippen LogP contribution in [-0.2, 0) is 17.6 Å². The van der Waals surface area contributed by atoms with E-state index in [0.29, 0.717) is 48.1 Å². The van der Waals surface area contributed by atoms with Crippen molar-refractivity contribution >= 4 is 17.7 Å². The van der Waals surface area contributed by atoms with Crippen LogP contribution in [0.25, 0.3) is 11.3 Å². The summed E-state index contributed by atoms with van der Waals surface area (Å²) in [5.41, 5.74) is 7.00. The molecule has 2 amide bonds. The lowest BCUT2D eigenvalue weighted by Gasteiger charge is -2.35. The number of carbonyl (C=O) groups excluding carboxylic acids is 2. The van der Waals surface area contributed by atoms with Crippen molar-refractivity contribution in [3.05, 3.63) is 107 Å². The van der Waals surface area contributed by atoms with Gasteiger partial charge in [0.2, 0.25) is 0 Å². The molecule has 1 aromatic heterocycles. The monoisotopic (exact) mass is 545 g/mol. The number of nitrogens with zero attached hydrogens (tertiary/aromatic N) is 3. The highest BCUT2D eigenvalue weighted by atomic mass is 16.5. The van der Waals surface area contributed by atoms with Gasteiger partial charge in [-0.1, -0.05) is 42.5 Å². The summed E-state index contributed by atoms with van der Waals surface area (Å²) in [4.78, 5) is 35.9. The van der Waals surface area contributed by atoms with Crippen LogP contribution in [0.5, 0.6) is 0 Å². The Morgan fingerprint density at radius 2 is 1.93 bits per heavy atom. The van der Waals surface area contributed by atoms with Gasteiger partial charge in [-0.25, -0.2) is 9.78 Å². The van der Waals surface area contributed by atoms with Gasteiger partial charge in [-0.3, -0.25) is 10.1 Å². The molecule has 2 aliphatic rings. The standard InChI is InChI=1S/C33H31N5O3/c1-2-41-33(40)36-25-13-10-22(11-14-25)28-20-35-31(37-28)29(18-21-6-4-3-5-7-21)38-17-16-26-27(32(38)39)15-12-24(19-34)30(26)23-8-9-23/h3-7,10-15,20,23,29H,2,8-9,16-18H2,1H3,(H,35,37)(H,36,40)/t29-/m0/s1. The predicted molar refractivity (Wildman–Crippen MR) is 155 cm³/mol. The lowest BCUT2D eigenvalue weighted by Crippen LogP contribution is -2.42. The maximum absolute atomic E-state index is 14.0. The lowest BCUT2D eigenvalue weighted by atomic mass is 9.87. The Balaban J connectivity index is 1.30. The highest BCUT2D eigenvalue weighted by Crippen LogP contribution is 2.45. The third-order valence-corrected chi connectivity index (χ3v) is 7.83. The molecule has 0 unspecified atom stereocenters. The number of anilines is 1. The molecule has 6 rings (SSSR count). The summed E-state index contributed by atoms with van der Waals surface area (Å²) in [6, 6.07) is 23.2. The van der Waals surface area contributed by atoms with Gasteiger partial charge in [0.05, 0.1) is 36.2 Å². The lowest BCUT2D eigenvalue weighted by molar-refractivity contribution is 0.0647. The van der Waals surface area contributed by atoms with Crippen LogP contribution in [0, 0.1) is 11.3 Å². The first-order chi connectivity index (χ1) is 20.1. The molecule has 1 saturated carbocycles. The Bertz CT molecular complexity index is 1620. The number of hydrogen-bond acceptors (Lipinski definition) is 5. The highest BCUT2D eigenvalue weighted by molar-refractivity contribution is 5.98. The molecule has 0 radical (unpaired) electrons. The summed E-state index contributed by atoms with van der Waals surface area (Å²) >= 11 is 0. The van der Waals surface area contributed by atoms with Gasteiger partial charge in [0, 0.05) is 24.2 Å². The predicted octanol–water partition coefficient (Wildman–Crippen LogP) is 6.38. The molecule has 3 aromatic carbocycles. The summed E-state index contributed by atoms with van der Waals surface area (Å²) in [5, 5.41) is 12.4. The van der Waals surface area contributed by atoms with E-state index in [0.717, 1.165) is 47.2 Å². The Kier molecular flexibility index (Phi) is 7.26. The maximum Gasteiger partial charge on any atom is 0.411 e. The van der Waals surface area contributed by atoms with E-state index in [1.807, 2.05) is 59.5 Å². The number of hydrogen-bond donors (Lipinski definition) is 2. The summed E-state index contributed by atoms with van der Waals surface area (Å²) in [6.45, 7) is 2.62. The molecule has 0 spiro atoms. The fourth-order valence-electron chi connectivity index (χ4n) is 5.72. The quantitative estimate of drug-likeness (QED) is 0.267. The second kappa shape index (κ2) is 11.3. The van der Waals surface area contributed by atoms with Gasteiger partial charge in [-0.05, 0) is 78.6 Å². The van der Waals surface area contributed by atoms with Crippen molar-refractivity contribution in [3.63, 3.8) is 0 Å². The molecule has 1 aliphatic carbocycles. The van der Waals surface area contributed by atoms with Crippen molar-refractivity contribution in [1.82, 2.24) is 14.9 Å². The summed E-state index contributed by atoms with van der Waals surface area (Å²) < 4.78 is 4.95. The minimum atomic E-state index is -0.492. The molecular weight excluding hydrogens is 514 g/mol. The van der Waals surface area contributed by atoms with Crippen molar-refractivity contribution in [3.8, 4) is 17.3 Å². The number of nitrogens with one attached hydrogen (secondary N) is 2. The van der Waals surface area contributed by atoms with E-state index in [9.17, 15) is 14.9 Å². The van der Waals surface area contributed by atoms with E-state index in [-0.39, 0.29) is 11.9 Å². The van der Waals surface area contributed by atoms with Crippen molar-refractivity contribution in [2.45, 2.75) is 44.6 Å². The van der Waals surface area contributed by atoms with E-state index in [1.54, 1.807) is 13.1 Å². The van der Waals surface area contributed by atoms with Crippen LogP contribution in [-0.4, -0.2) is 40.0 Å². The smallest absolute Gasteiger partial charge is 0.411 e. The Hall–Kier alpha value is -4.90. The van der Waals surface area contributed by atoms with Crippen LogP contribution in [0.4, 0.5) is 10.5 Å². The molecule has 2 heterocycles. The topological polar surface area (TPSA) is 111 Å². The molecule has 2 N–H and O–H groups in total. The van der Waals surface area contributed by atoms with E-state index in [4.69, 9.17) is 9.72 Å². The number of ether oxygens (including phenoxy) is 1. The van der Waals surface area contributed by atoms with E-state index in [1.165, 1.54) is 0 Å². The van der Waals surface area contributed by atoms with Gasteiger partial charge in [-0.15, -0.1) is 0 Å². The summed E-state index contributed by atoms with van der Waals surface area (Å²) in [7, 11) is 0. The van der Waals surface area contributed by atoms with Gasteiger partial charge in [0.1, 0.15) is 5.82 Å². The normalized spacial score (nSPS) is 15.1. The largest absolute Gasteiger partial charge is 0.450 e. The number of carbonyl (C=O) groups is 2. The van der Waals surface area contributed by atoms with Crippen molar-refractivity contribution in [2.24, 2.45) is 0 Å². The number of benzene rings is 3. The summed E-state index contributed by atoms with van der Waals surface area (Å²) in [6.07, 6.45) is 4.78. The van der Waals surface area contributed by atoms with Crippen LogP contribution >= 0.6 is 0 Å². The average molecular weight is 546 g/mol. The molecule has 8 nitrogen and oxygen atoms in total. The molecule has 1 aliphatic heterocycles. The summed E-state index contributed by atoms with van der Waals surface area (Å²) in [5.74, 6) is 1.09. The first kappa shape index (κ1) is 26.3. The van der Waals surface area contributed by atoms with E-state index in [2.05, 4.69) is 28.5 Å². The first-order valence-corrected chi connectivity index (χ1v) is 14.1. The number of H-pyrrole nitrogens is 1. The second-order valence-electron chi connectivity index (χ2n) is 10.5. The van der Waals surface area contributed by atoms with Gasteiger partial charge in [0.15, 0.2) is 0 Å². The first-order valence-electron chi connectivity index (χ1n) is 14.1. The number of imidazole rings is 1. The van der Waals surface area contributed by atoms with Crippen LogP contribution in [0.2, 0.25) is 0 Å². The zero-order valence-electron chi connectivity index (χ0n) is 22.9. The molecule has 0 bridgehead atoms. The minimum absolute atomic E-state index is 0.0223. The number of aromatic amines is 1. The van der Waals surface area contributed by atoms with Crippen LogP contribution in [0.3, 0.4) is 0 Å². The van der Waals surface area contributed by atoms with Gasteiger partial charge in [-0.2, -0.15) is 5.26 Å². The van der Waals surface area contributed by atoms with E-state index < -0.39 is 6.09 Å². The molecule has 41 heavy (non-hydrogen) atoms. The molecule has 1 atom stereocenters. The molecular formula is C33H31N5O3. The third kappa shape index (κ3) is 5.44. The zero-order chi connectivity index (χ0) is 28.3. The highest BCUT2D eigenvalue weighted by Gasteiger charge is 2.37. The maximum atomic E-state index is 14.0. The Labute approximate surface area is 239 Å². The van der Waals surface area contributed by atoms with Gasteiger partial charge < -0.3 is 14.6 Å². The number of nitriles is 1. The van der Waals surface area contributed by atoms with Crippen molar-refractivity contribution in [1.29, 1.82) is 5.26 Å². The van der Waals surface area contributed by atoms with Crippen LogP contribution in [0.15, 0.2) is 72.9 Å². The number of amides is 2. The van der Waals surface area contributed by atoms with Crippen molar-refractivity contribution in [2.75, 3.05) is 18.5 Å². The Morgan fingerprint density at radius 3 is 2.63 bits per heavy atom. The average Bonchev–Trinajstić information content (AvgIpc) is 3.72. The molecule has 8 heteroatoms. The number of rotatable bonds is 8. The molecule has 1 fully saturated rings. The van der Waals surface area contributed by atoms with Crippen LogP contribution in [0.1, 0.15) is 70.2 Å². The third-order valence-electron chi connectivity index (χ3n) is 7.83. The van der Waals surface area contributed by atoms with Gasteiger partial charge >= 0.3 is 6.09 Å². The van der Waals surface area contributed by atoms with Crippen LogP contribution < -0.4 is 5.32 Å². The van der Waals surface area contributed by atoms with Gasteiger partial charge in [0.25, 0.3) is 5.91 Å². The number of fused-ring (bicyclic) bond motifs is 1. The second-order valence-corrected chi connectivity index (χ2v) is 10.5. The molecule has 0 saturated heterocycles. The molecule has 4 aromatic rings. The van der Waals surface area contributed by atoms with Crippen molar-refractivity contribution < 1.29 is 14.3 Å². The minimum Gasteiger partial charge on any atom is -0.450 e. The fourth-order valence-corrected chi connectivity index (χ4v) is 5.72.